The van der Waals surface area contributed by atoms with Crippen molar-refractivity contribution in [1.29, 1.82) is 0 Å². The fourth-order valence-electron chi connectivity index (χ4n) is 3.68. The first-order valence-electron chi connectivity index (χ1n) is 9.13. The van der Waals surface area contributed by atoms with Crippen molar-refractivity contribution in [3.63, 3.8) is 0 Å². The van der Waals surface area contributed by atoms with E-state index in [1.807, 2.05) is 0 Å². The third-order valence-corrected chi connectivity index (χ3v) is 7.07. The standard InChI is InChI=1S/C20H19N3O6S2/c1-20(2)13-7-5-4-6-12(13)17(24)16(18(20)25)19-21-14-9-8-11(22-30(3,26)27)10-15(14)31(28,29)23-19/h4-10,22,24H,1-3H3,(H,21,23). The molecule has 2 aromatic carbocycles. The van der Waals surface area contributed by atoms with Gasteiger partial charge in [-0.25, -0.2) is 8.42 Å². The lowest BCUT2D eigenvalue weighted by molar-refractivity contribution is -0.119. The minimum Gasteiger partial charge on any atom is -0.506 e. The summed E-state index contributed by atoms with van der Waals surface area (Å²) in [5.41, 5.74) is -0.0449. The van der Waals surface area contributed by atoms with Gasteiger partial charge in [0.15, 0.2) is 11.6 Å². The highest BCUT2D eigenvalue weighted by Gasteiger charge is 2.43. The van der Waals surface area contributed by atoms with E-state index >= 15 is 0 Å². The minimum atomic E-state index is -4.29. The molecule has 2 aromatic rings. The molecule has 2 aliphatic rings. The molecule has 0 amide bonds. The van der Waals surface area contributed by atoms with Crippen LogP contribution in [0.5, 0.6) is 0 Å². The van der Waals surface area contributed by atoms with Crippen LogP contribution in [0.2, 0.25) is 0 Å². The van der Waals surface area contributed by atoms with Gasteiger partial charge in [-0.3, -0.25) is 9.52 Å². The molecule has 3 N–H and O–H groups in total. The summed E-state index contributed by atoms with van der Waals surface area (Å²) in [6.07, 6.45) is 0.943. The molecule has 0 aromatic heterocycles. The zero-order chi connectivity index (χ0) is 22.8. The lowest BCUT2D eigenvalue weighted by Gasteiger charge is -2.33. The SMILES string of the molecule is CC1(C)C(=O)C(C2=NS(=O)(=O)c3cc(NS(C)(=O)=O)ccc3N2)=C(O)c2ccccc21. The number of aliphatic hydroxyl groups is 1. The zero-order valence-corrected chi connectivity index (χ0v) is 18.4. The van der Waals surface area contributed by atoms with Crippen LogP contribution in [-0.2, 0) is 30.3 Å². The quantitative estimate of drug-likeness (QED) is 0.637. The predicted octanol–water partition coefficient (Wildman–Crippen LogP) is 2.40. The molecule has 0 spiro atoms. The van der Waals surface area contributed by atoms with Crippen molar-refractivity contribution in [2.45, 2.75) is 24.2 Å². The number of hydrogen-bond donors (Lipinski definition) is 3. The number of rotatable bonds is 3. The lowest BCUT2D eigenvalue weighted by atomic mass is 9.71. The van der Waals surface area contributed by atoms with Gasteiger partial charge >= 0.3 is 0 Å². The maximum atomic E-state index is 13.2. The fraction of sp³-hybridized carbons (Fsp3) is 0.200. The third-order valence-electron chi connectivity index (χ3n) is 5.15. The topological polar surface area (TPSA) is 142 Å². The van der Waals surface area contributed by atoms with Crippen molar-refractivity contribution in [3.8, 4) is 0 Å². The van der Waals surface area contributed by atoms with Gasteiger partial charge in [0.25, 0.3) is 10.0 Å². The second-order valence-electron chi connectivity index (χ2n) is 7.85. The van der Waals surface area contributed by atoms with E-state index in [9.17, 15) is 26.7 Å². The van der Waals surface area contributed by atoms with E-state index in [2.05, 4.69) is 14.4 Å². The Balaban J connectivity index is 1.86. The van der Waals surface area contributed by atoms with Gasteiger partial charge in [-0.15, -0.1) is 4.40 Å². The van der Waals surface area contributed by atoms with Crippen LogP contribution in [0.3, 0.4) is 0 Å². The monoisotopic (exact) mass is 461 g/mol. The van der Waals surface area contributed by atoms with Crippen LogP contribution in [0, 0.1) is 0 Å². The Morgan fingerprint density at radius 3 is 2.48 bits per heavy atom. The van der Waals surface area contributed by atoms with Crippen molar-refractivity contribution < 1.29 is 26.7 Å². The maximum absolute atomic E-state index is 13.2. The summed E-state index contributed by atoms with van der Waals surface area (Å²) in [4.78, 5) is 13.0. The number of carbonyl (C=O) groups excluding carboxylic acids is 1. The summed E-state index contributed by atoms with van der Waals surface area (Å²) in [6.45, 7) is 3.38. The summed E-state index contributed by atoms with van der Waals surface area (Å²) in [6, 6.07) is 10.7. The van der Waals surface area contributed by atoms with Crippen LogP contribution >= 0.6 is 0 Å². The van der Waals surface area contributed by atoms with Crippen LogP contribution in [0.4, 0.5) is 11.4 Å². The highest BCUT2D eigenvalue weighted by atomic mass is 32.2. The largest absolute Gasteiger partial charge is 0.506 e. The molecule has 0 saturated heterocycles. The second kappa shape index (κ2) is 6.66. The number of anilines is 2. The number of carbonyl (C=O) groups is 1. The highest BCUT2D eigenvalue weighted by molar-refractivity contribution is 7.92. The van der Waals surface area contributed by atoms with Gasteiger partial charge in [0.2, 0.25) is 10.0 Å². The van der Waals surface area contributed by atoms with Gasteiger partial charge in [-0.05, 0) is 37.6 Å². The van der Waals surface area contributed by atoms with Gasteiger partial charge in [0, 0.05) is 11.3 Å². The molecule has 0 atom stereocenters. The van der Waals surface area contributed by atoms with Gasteiger partial charge in [-0.2, -0.15) is 8.42 Å². The van der Waals surface area contributed by atoms with Crippen molar-refractivity contribution >= 4 is 48.8 Å². The fourth-order valence-corrected chi connectivity index (χ4v) is 5.38. The molecule has 0 bridgehead atoms. The molecule has 0 saturated carbocycles. The molecule has 11 heteroatoms. The van der Waals surface area contributed by atoms with E-state index in [4.69, 9.17) is 0 Å². The number of amidine groups is 1. The van der Waals surface area contributed by atoms with Gasteiger partial charge in [0.1, 0.15) is 16.2 Å². The number of aliphatic hydroxyl groups excluding tert-OH is 1. The van der Waals surface area contributed by atoms with E-state index in [1.165, 1.54) is 12.1 Å². The normalized spacial score (nSPS) is 19.1. The first kappa shape index (κ1) is 21.1. The van der Waals surface area contributed by atoms with Crippen molar-refractivity contribution in [2.24, 2.45) is 4.40 Å². The van der Waals surface area contributed by atoms with Gasteiger partial charge in [-0.1, -0.05) is 24.3 Å². The average molecular weight is 462 g/mol. The number of Topliss-reactive ketones (excluding diaryl/α,β-unsaturated/α-hetero) is 1. The molecule has 1 heterocycles. The van der Waals surface area contributed by atoms with E-state index in [0.29, 0.717) is 11.1 Å². The number of nitrogens with one attached hydrogen (secondary N) is 2. The predicted molar refractivity (Wildman–Crippen MR) is 117 cm³/mol. The number of nitrogens with zero attached hydrogens (tertiary/aromatic N) is 1. The van der Waals surface area contributed by atoms with Crippen LogP contribution in [0.15, 0.2) is 57.3 Å². The minimum absolute atomic E-state index is 0.0520. The molecule has 31 heavy (non-hydrogen) atoms. The van der Waals surface area contributed by atoms with Gasteiger partial charge < -0.3 is 10.4 Å². The average Bonchev–Trinajstić information content (AvgIpc) is 2.66. The number of fused-ring (bicyclic) bond motifs is 2. The van der Waals surface area contributed by atoms with E-state index in [-0.39, 0.29) is 33.4 Å². The molecule has 0 radical (unpaired) electrons. The molecular formula is C20H19N3O6S2. The number of hydrogen-bond acceptors (Lipinski definition) is 7. The molecule has 162 valence electrons. The second-order valence-corrected chi connectivity index (χ2v) is 11.2. The Hall–Kier alpha value is -3.18. The summed E-state index contributed by atoms with van der Waals surface area (Å²) >= 11 is 0. The van der Waals surface area contributed by atoms with Crippen molar-refractivity contribution in [1.82, 2.24) is 0 Å². The Labute approximate surface area is 179 Å². The smallest absolute Gasteiger partial charge is 0.286 e. The number of sulfonamides is 2. The molecule has 0 unspecified atom stereocenters. The summed E-state index contributed by atoms with van der Waals surface area (Å²) < 4.78 is 54.5. The first-order valence-corrected chi connectivity index (χ1v) is 12.5. The summed E-state index contributed by atoms with van der Waals surface area (Å²) in [5.74, 6) is -1.13. The number of benzene rings is 2. The number of ketones is 1. The Morgan fingerprint density at radius 2 is 1.81 bits per heavy atom. The van der Waals surface area contributed by atoms with Crippen LogP contribution in [0.1, 0.15) is 25.0 Å². The van der Waals surface area contributed by atoms with Crippen molar-refractivity contribution in [2.75, 3.05) is 16.3 Å². The summed E-state index contributed by atoms with van der Waals surface area (Å²) in [5, 5.41) is 13.6. The first-order chi connectivity index (χ1) is 14.3. The zero-order valence-electron chi connectivity index (χ0n) is 16.8. The Morgan fingerprint density at radius 1 is 1.13 bits per heavy atom. The molecule has 1 aliphatic carbocycles. The Bertz CT molecular complexity index is 1420. The van der Waals surface area contributed by atoms with Crippen LogP contribution in [-0.4, -0.2) is 39.8 Å². The van der Waals surface area contributed by atoms with Gasteiger partial charge in [0.05, 0.1) is 17.4 Å². The Kier molecular flexibility index (Phi) is 4.53. The highest BCUT2D eigenvalue weighted by Crippen LogP contribution is 2.41. The molecular weight excluding hydrogens is 442 g/mol. The van der Waals surface area contributed by atoms with Crippen LogP contribution in [0.25, 0.3) is 5.76 Å². The maximum Gasteiger partial charge on any atom is 0.286 e. The third kappa shape index (κ3) is 3.49. The van der Waals surface area contributed by atoms with Crippen molar-refractivity contribution in [3.05, 3.63) is 59.2 Å². The van der Waals surface area contributed by atoms with E-state index in [0.717, 1.165) is 12.3 Å². The lowest BCUT2D eigenvalue weighted by Crippen LogP contribution is -2.40. The molecule has 1 aliphatic heterocycles. The van der Waals surface area contributed by atoms with E-state index < -0.39 is 31.2 Å². The molecule has 4 rings (SSSR count). The van der Waals surface area contributed by atoms with Crippen LogP contribution < -0.4 is 10.0 Å². The summed E-state index contributed by atoms with van der Waals surface area (Å²) in [7, 11) is -7.90. The molecule has 9 nitrogen and oxygen atoms in total. The molecule has 0 fully saturated rings. The van der Waals surface area contributed by atoms with E-state index in [1.54, 1.807) is 38.1 Å².